The highest BCUT2D eigenvalue weighted by molar-refractivity contribution is 5.86. The summed E-state index contributed by atoms with van der Waals surface area (Å²) in [6.07, 6.45) is 6.94. The molecule has 70 valence electrons. The summed E-state index contributed by atoms with van der Waals surface area (Å²) in [7, 11) is 0. The van der Waals surface area contributed by atoms with E-state index in [0.717, 1.165) is 12.8 Å². The van der Waals surface area contributed by atoms with Gasteiger partial charge in [0.2, 0.25) is 0 Å². The lowest BCUT2D eigenvalue weighted by atomic mass is 10.1. The SMILES string of the molecule is C/C=C(\CCCCCC)C(=O)O. The molecule has 0 aliphatic carbocycles. The summed E-state index contributed by atoms with van der Waals surface area (Å²) < 4.78 is 0. The van der Waals surface area contributed by atoms with Crippen LogP contribution in [0.25, 0.3) is 0 Å². The first-order valence-electron chi connectivity index (χ1n) is 4.60. The summed E-state index contributed by atoms with van der Waals surface area (Å²) in [5, 5.41) is 8.66. The van der Waals surface area contributed by atoms with Gasteiger partial charge < -0.3 is 5.11 Å². The Kier molecular flexibility index (Phi) is 6.44. The smallest absolute Gasteiger partial charge is 0.331 e. The zero-order valence-electron chi connectivity index (χ0n) is 7.97. The topological polar surface area (TPSA) is 37.3 Å². The van der Waals surface area contributed by atoms with Crippen molar-refractivity contribution in [1.29, 1.82) is 0 Å². The van der Waals surface area contributed by atoms with E-state index in [1.54, 1.807) is 13.0 Å². The molecule has 0 aromatic rings. The van der Waals surface area contributed by atoms with Crippen LogP contribution < -0.4 is 0 Å². The molecule has 0 unspecified atom stereocenters. The van der Waals surface area contributed by atoms with Gasteiger partial charge in [0.1, 0.15) is 0 Å². The molecule has 1 N–H and O–H groups in total. The van der Waals surface area contributed by atoms with Crippen molar-refractivity contribution in [3.63, 3.8) is 0 Å². The second kappa shape index (κ2) is 6.89. The number of carboxylic acids is 1. The summed E-state index contributed by atoms with van der Waals surface area (Å²) in [4.78, 5) is 10.5. The second-order valence-electron chi connectivity index (χ2n) is 2.93. The van der Waals surface area contributed by atoms with Gasteiger partial charge in [0.25, 0.3) is 0 Å². The molecule has 2 nitrogen and oxygen atoms in total. The fraction of sp³-hybridized carbons (Fsp3) is 0.700. The minimum Gasteiger partial charge on any atom is -0.478 e. The second-order valence-corrected chi connectivity index (χ2v) is 2.93. The molecule has 0 fully saturated rings. The quantitative estimate of drug-likeness (QED) is 0.491. The molecular formula is C10H18O2. The van der Waals surface area contributed by atoms with Crippen LogP contribution in [0, 0.1) is 0 Å². The van der Waals surface area contributed by atoms with E-state index >= 15 is 0 Å². The maximum Gasteiger partial charge on any atom is 0.331 e. The summed E-state index contributed by atoms with van der Waals surface area (Å²) >= 11 is 0. The number of rotatable bonds is 6. The Morgan fingerprint density at radius 3 is 2.42 bits per heavy atom. The van der Waals surface area contributed by atoms with Crippen molar-refractivity contribution in [3.8, 4) is 0 Å². The van der Waals surface area contributed by atoms with Gasteiger partial charge in [-0.05, 0) is 19.8 Å². The Hall–Kier alpha value is -0.790. The van der Waals surface area contributed by atoms with Crippen LogP contribution >= 0.6 is 0 Å². The van der Waals surface area contributed by atoms with Crippen LogP contribution in [-0.4, -0.2) is 11.1 Å². The molecule has 0 rings (SSSR count). The van der Waals surface area contributed by atoms with Crippen LogP contribution in [0.4, 0.5) is 0 Å². The van der Waals surface area contributed by atoms with E-state index in [0.29, 0.717) is 12.0 Å². The standard InChI is InChI=1S/C10H18O2/c1-3-5-6-7-8-9(4-2)10(11)12/h4H,3,5-8H2,1-2H3,(H,11,12)/b9-4+. The van der Waals surface area contributed by atoms with Crippen molar-refractivity contribution < 1.29 is 9.90 Å². The average Bonchev–Trinajstić information content (AvgIpc) is 2.04. The highest BCUT2D eigenvalue weighted by Crippen LogP contribution is 2.09. The number of carbonyl (C=O) groups is 1. The number of carboxylic acid groups (broad SMARTS) is 1. The van der Waals surface area contributed by atoms with Crippen LogP contribution in [-0.2, 0) is 4.79 Å². The van der Waals surface area contributed by atoms with Gasteiger partial charge in [-0.1, -0.05) is 32.3 Å². The van der Waals surface area contributed by atoms with Crippen LogP contribution in [0.5, 0.6) is 0 Å². The molecule has 0 aliphatic heterocycles. The molecule has 0 aromatic heterocycles. The van der Waals surface area contributed by atoms with E-state index in [4.69, 9.17) is 5.11 Å². The third kappa shape index (κ3) is 4.94. The first-order chi connectivity index (χ1) is 5.72. The van der Waals surface area contributed by atoms with Gasteiger partial charge in [-0.15, -0.1) is 0 Å². The van der Waals surface area contributed by atoms with E-state index in [2.05, 4.69) is 6.92 Å². The molecule has 0 saturated heterocycles. The van der Waals surface area contributed by atoms with Gasteiger partial charge in [-0.25, -0.2) is 4.79 Å². The monoisotopic (exact) mass is 170 g/mol. The molecule has 12 heavy (non-hydrogen) atoms. The molecule has 2 heteroatoms. The highest BCUT2D eigenvalue weighted by Gasteiger charge is 2.03. The first kappa shape index (κ1) is 11.2. The molecule has 0 radical (unpaired) electrons. The highest BCUT2D eigenvalue weighted by atomic mass is 16.4. The predicted molar refractivity (Wildman–Crippen MR) is 50.2 cm³/mol. The van der Waals surface area contributed by atoms with Gasteiger partial charge in [-0.2, -0.15) is 0 Å². The van der Waals surface area contributed by atoms with E-state index in [1.807, 2.05) is 0 Å². The number of aliphatic carboxylic acids is 1. The summed E-state index contributed by atoms with van der Waals surface area (Å²) in [5.41, 5.74) is 0.547. The van der Waals surface area contributed by atoms with E-state index < -0.39 is 5.97 Å². The van der Waals surface area contributed by atoms with Crippen molar-refractivity contribution in [3.05, 3.63) is 11.6 Å². The first-order valence-corrected chi connectivity index (χ1v) is 4.60. The zero-order valence-corrected chi connectivity index (χ0v) is 7.97. The number of hydrogen-bond acceptors (Lipinski definition) is 1. The van der Waals surface area contributed by atoms with E-state index in [9.17, 15) is 4.79 Å². The predicted octanol–water partition coefficient (Wildman–Crippen LogP) is 2.99. The lowest BCUT2D eigenvalue weighted by molar-refractivity contribution is -0.132. The summed E-state index contributed by atoms with van der Waals surface area (Å²) in [6.45, 7) is 3.93. The van der Waals surface area contributed by atoms with Crippen LogP contribution in [0.3, 0.4) is 0 Å². The molecule has 0 spiro atoms. The molecule has 0 bridgehead atoms. The molecule has 0 aliphatic rings. The normalized spacial score (nSPS) is 11.7. The van der Waals surface area contributed by atoms with Crippen LogP contribution in [0.1, 0.15) is 46.0 Å². The molecular weight excluding hydrogens is 152 g/mol. The lowest BCUT2D eigenvalue weighted by Gasteiger charge is -2.00. The largest absolute Gasteiger partial charge is 0.478 e. The third-order valence-corrected chi connectivity index (χ3v) is 1.92. The van der Waals surface area contributed by atoms with Crippen molar-refractivity contribution in [2.75, 3.05) is 0 Å². The van der Waals surface area contributed by atoms with Crippen molar-refractivity contribution in [1.82, 2.24) is 0 Å². The number of hydrogen-bond donors (Lipinski definition) is 1. The van der Waals surface area contributed by atoms with Crippen molar-refractivity contribution in [2.45, 2.75) is 46.0 Å². The molecule has 0 saturated carbocycles. The number of allylic oxidation sites excluding steroid dienone is 1. The lowest BCUT2D eigenvalue weighted by Crippen LogP contribution is -1.99. The maximum absolute atomic E-state index is 10.5. The Labute approximate surface area is 74.3 Å². The fourth-order valence-electron chi connectivity index (χ4n) is 1.12. The van der Waals surface area contributed by atoms with Gasteiger partial charge in [0.15, 0.2) is 0 Å². The van der Waals surface area contributed by atoms with Gasteiger partial charge in [-0.3, -0.25) is 0 Å². The molecule has 0 aromatic carbocycles. The van der Waals surface area contributed by atoms with Crippen molar-refractivity contribution in [2.24, 2.45) is 0 Å². The van der Waals surface area contributed by atoms with Crippen molar-refractivity contribution >= 4 is 5.97 Å². The summed E-state index contributed by atoms with van der Waals surface area (Å²) in [6, 6.07) is 0. The summed E-state index contributed by atoms with van der Waals surface area (Å²) in [5.74, 6) is -0.769. The number of unbranched alkanes of at least 4 members (excludes halogenated alkanes) is 3. The molecule has 0 atom stereocenters. The van der Waals surface area contributed by atoms with Gasteiger partial charge >= 0.3 is 5.97 Å². The maximum atomic E-state index is 10.5. The third-order valence-electron chi connectivity index (χ3n) is 1.92. The average molecular weight is 170 g/mol. The van der Waals surface area contributed by atoms with Gasteiger partial charge in [0.05, 0.1) is 0 Å². The Morgan fingerprint density at radius 2 is 2.00 bits per heavy atom. The van der Waals surface area contributed by atoms with Crippen LogP contribution in [0.15, 0.2) is 11.6 Å². The zero-order chi connectivity index (χ0) is 9.40. The van der Waals surface area contributed by atoms with E-state index in [1.165, 1.54) is 12.8 Å². The fourth-order valence-corrected chi connectivity index (χ4v) is 1.12. The molecule has 0 amide bonds. The minimum atomic E-state index is -0.769. The van der Waals surface area contributed by atoms with E-state index in [-0.39, 0.29) is 0 Å². The Bertz CT molecular complexity index is 159. The van der Waals surface area contributed by atoms with Gasteiger partial charge in [0, 0.05) is 5.57 Å². The Balaban J connectivity index is 3.54. The Morgan fingerprint density at radius 1 is 1.33 bits per heavy atom. The minimum absolute atomic E-state index is 0.547. The molecule has 0 heterocycles. The van der Waals surface area contributed by atoms with Crippen LogP contribution in [0.2, 0.25) is 0 Å².